The Morgan fingerprint density at radius 1 is 0.684 bits per heavy atom. The molecule has 2 rings (SSSR count). The van der Waals surface area contributed by atoms with Crippen LogP contribution in [-0.4, -0.2) is 25.6 Å². The Kier molecular flexibility index (Phi) is 6.01. The highest BCUT2D eigenvalue weighted by atomic mass is 127. The van der Waals surface area contributed by atoms with Gasteiger partial charge in [0.1, 0.15) is 6.54 Å². The summed E-state index contributed by atoms with van der Waals surface area (Å²) >= 11 is 0. The van der Waals surface area contributed by atoms with Crippen LogP contribution in [0.25, 0.3) is 0 Å². The van der Waals surface area contributed by atoms with Crippen LogP contribution < -0.4 is 24.0 Å². The SMILES string of the molecule is C[N+](C)(C)Cc1ccc(Cc2ccccc2)cc1.[I-]. The molecule has 0 fully saturated rings. The Balaban J connectivity index is 0.00000180. The molecule has 0 atom stereocenters. The molecule has 0 saturated carbocycles. The van der Waals surface area contributed by atoms with Gasteiger partial charge in [-0.25, -0.2) is 0 Å². The predicted octanol–water partition coefficient (Wildman–Crippen LogP) is 0.488. The fourth-order valence-corrected chi connectivity index (χ4v) is 2.14. The van der Waals surface area contributed by atoms with Crippen molar-refractivity contribution in [2.24, 2.45) is 0 Å². The van der Waals surface area contributed by atoms with Crippen molar-refractivity contribution in [2.75, 3.05) is 21.1 Å². The van der Waals surface area contributed by atoms with E-state index in [0.717, 1.165) is 17.4 Å². The smallest absolute Gasteiger partial charge is 0.104 e. The van der Waals surface area contributed by atoms with Gasteiger partial charge in [0.05, 0.1) is 21.1 Å². The van der Waals surface area contributed by atoms with Crippen LogP contribution >= 0.6 is 0 Å². The number of hydrogen-bond donors (Lipinski definition) is 0. The normalized spacial score (nSPS) is 10.9. The van der Waals surface area contributed by atoms with Crippen LogP contribution in [0.5, 0.6) is 0 Å². The molecule has 0 N–H and O–H groups in total. The van der Waals surface area contributed by atoms with Gasteiger partial charge in [-0.15, -0.1) is 0 Å². The van der Waals surface area contributed by atoms with Crippen molar-refractivity contribution in [1.82, 2.24) is 0 Å². The van der Waals surface area contributed by atoms with Gasteiger partial charge < -0.3 is 28.5 Å². The lowest BCUT2D eigenvalue weighted by Crippen LogP contribution is -3.00. The van der Waals surface area contributed by atoms with Gasteiger partial charge in [-0.3, -0.25) is 0 Å². The average Bonchev–Trinajstić information content (AvgIpc) is 2.31. The number of halogens is 1. The molecule has 0 radical (unpaired) electrons. The third kappa shape index (κ3) is 5.74. The zero-order valence-corrected chi connectivity index (χ0v) is 14.1. The van der Waals surface area contributed by atoms with Gasteiger partial charge in [-0.05, 0) is 17.5 Å². The van der Waals surface area contributed by atoms with Crippen LogP contribution in [0.15, 0.2) is 54.6 Å². The molecule has 0 amide bonds. The van der Waals surface area contributed by atoms with E-state index in [2.05, 4.69) is 75.7 Å². The Bertz CT molecular complexity index is 483. The van der Waals surface area contributed by atoms with Gasteiger partial charge in [0.15, 0.2) is 0 Å². The molecule has 102 valence electrons. The summed E-state index contributed by atoms with van der Waals surface area (Å²) in [4.78, 5) is 0. The minimum atomic E-state index is 0. The number of hydrogen-bond acceptors (Lipinski definition) is 0. The van der Waals surface area contributed by atoms with Crippen LogP contribution in [0.1, 0.15) is 16.7 Å². The molecule has 19 heavy (non-hydrogen) atoms. The highest BCUT2D eigenvalue weighted by Crippen LogP contribution is 2.12. The summed E-state index contributed by atoms with van der Waals surface area (Å²) in [5.74, 6) is 0. The van der Waals surface area contributed by atoms with Crippen molar-refractivity contribution in [3.8, 4) is 0 Å². The minimum Gasteiger partial charge on any atom is -1.00 e. The summed E-state index contributed by atoms with van der Waals surface area (Å²) < 4.78 is 0.970. The van der Waals surface area contributed by atoms with Gasteiger partial charge >= 0.3 is 0 Å². The predicted molar refractivity (Wildman–Crippen MR) is 77.4 cm³/mol. The van der Waals surface area contributed by atoms with E-state index in [1.165, 1.54) is 16.7 Å². The molecule has 1 nitrogen and oxygen atoms in total. The molecule has 2 aromatic rings. The zero-order chi connectivity index (χ0) is 13.0. The first-order valence-corrected chi connectivity index (χ1v) is 6.45. The van der Waals surface area contributed by atoms with Gasteiger partial charge in [0.25, 0.3) is 0 Å². The van der Waals surface area contributed by atoms with E-state index < -0.39 is 0 Å². The summed E-state index contributed by atoms with van der Waals surface area (Å²) in [6, 6.07) is 19.6. The van der Waals surface area contributed by atoms with Crippen molar-refractivity contribution >= 4 is 0 Å². The average molecular weight is 367 g/mol. The first-order chi connectivity index (χ1) is 8.53. The first-order valence-electron chi connectivity index (χ1n) is 6.45. The number of quaternary nitrogens is 1. The van der Waals surface area contributed by atoms with E-state index in [0.29, 0.717) is 0 Å². The quantitative estimate of drug-likeness (QED) is 0.545. The van der Waals surface area contributed by atoms with Crippen molar-refractivity contribution < 1.29 is 28.5 Å². The van der Waals surface area contributed by atoms with Crippen molar-refractivity contribution in [2.45, 2.75) is 13.0 Å². The highest BCUT2D eigenvalue weighted by molar-refractivity contribution is 5.28. The van der Waals surface area contributed by atoms with E-state index >= 15 is 0 Å². The summed E-state index contributed by atoms with van der Waals surface area (Å²) in [6.45, 7) is 1.08. The van der Waals surface area contributed by atoms with Crippen molar-refractivity contribution in [3.63, 3.8) is 0 Å². The molecule has 2 aromatic carbocycles. The second-order valence-corrected chi connectivity index (χ2v) is 5.93. The fraction of sp³-hybridized carbons (Fsp3) is 0.294. The first kappa shape index (κ1) is 16.2. The molecule has 0 aliphatic rings. The molecule has 2 heteroatoms. The number of rotatable bonds is 4. The Morgan fingerprint density at radius 2 is 1.16 bits per heavy atom. The van der Waals surface area contributed by atoms with Crippen LogP contribution in [-0.2, 0) is 13.0 Å². The monoisotopic (exact) mass is 367 g/mol. The van der Waals surface area contributed by atoms with Gasteiger partial charge in [-0.2, -0.15) is 0 Å². The van der Waals surface area contributed by atoms with Gasteiger partial charge in [-0.1, -0.05) is 54.6 Å². The molecule has 0 saturated heterocycles. The molecule has 0 spiro atoms. The summed E-state index contributed by atoms with van der Waals surface area (Å²) in [7, 11) is 6.66. The topological polar surface area (TPSA) is 0 Å². The highest BCUT2D eigenvalue weighted by Gasteiger charge is 2.07. The Morgan fingerprint density at radius 3 is 1.68 bits per heavy atom. The lowest BCUT2D eigenvalue weighted by atomic mass is 10.0. The molecule has 0 bridgehead atoms. The third-order valence-corrected chi connectivity index (χ3v) is 2.93. The van der Waals surface area contributed by atoms with E-state index in [1.807, 2.05) is 0 Å². The van der Waals surface area contributed by atoms with E-state index in [-0.39, 0.29) is 24.0 Å². The summed E-state index contributed by atoms with van der Waals surface area (Å²) in [5.41, 5.74) is 4.16. The Hall–Kier alpha value is -0.870. The van der Waals surface area contributed by atoms with E-state index in [4.69, 9.17) is 0 Å². The second-order valence-electron chi connectivity index (χ2n) is 5.93. The summed E-state index contributed by atoms with van der Waals surface area (Å²) in [5, 5.41) is 0. The number of nitrogens with zero attached hydrogens (tertiary/aromatic N) is 1. The van der Waals surface area contributed by atoms with E-state index in [1.54, 1.807) is 0 Å². The fourth-order valence-electron chi connectivity index (χ4n) is 2.14. The number of benzene rings is 2. The molecule has 0 aliphatic heterocycles. The van der Waals surface area contributed by atoms with Crippen molar-refractivity contribution in [3.05, 3.63) is 71.3 Å². The lowest BCUT2D eigenvalue weighted by Gasteiger charge is -2.23. The Labute approximate surface area is 133 Å². The zero-order valence-electron chi connectivity index (χ0n) is 11.9. The molecule has 0 aliphatic carbocycles. The van der Waals surface area contributed by atoms with E-state index in [9.17, 15) is 0 Å². The maximum Gasteiger partial charge on any atom is 0.104 e. The lowest BCUT2D eigenvalue weighted by molar-refractivity contribution is -0.884. The molecular weight excluding hydrogens is 345 g/mol. The standard InChI is InChI=1S/C17H22N.HI/c1-18(2,3)14-17-11-9-16(10-12-17)13-15-7-5-4-6-8-15;/h4-12H,13-14H2,1-3H3;1H/q+1;/p-1. The molecule has 0 aromatic heterocycles. The minimum absolute atomic E-state index is 0. The molecule has 0 heterocycles. The second kappa shape index (κ2) is 7.06. The van der Waals surface area contributed by atoms with Gasteiger partial charge in [0, 0.05) is 5.56 Å². The van der Waals surface area contributed by atoms with Crippen LogP contribution in [0.2, 0.25) is 0 Å². The third-order valence-electron chi connectivity index (χ3n) is 2.93. The molecular formula is C17H22IN. The maximum absolute atomic E-state index is 2.25. The largest absolute Gasteiger partial charge is 1.00 e. The van der Waals surface area contributed by atoms with Crippen LogP contribution in [0.3, 0.4) is 0 Å². The maximum atomic E-state index is 2.25. The molecule has 0 unspecified atom stereocenters. The van der Waals surface area contributed by atoms with Crippen LogP contribution in [0, 0.1) is 0 Å². The van der Waals surface area contributed by atoms with Crippen LogP contribution in [0.4, 0.5) is 0 Å². The van der Waals surface area contributed by atoms with Crippen molar-refractivity contribution in [1.29, 1.82) is 0 Å². The summed E-state index contributed by atoms with van der Waals surface area (Å²) in [6.07, 6.45) is 1.02. The van der Waals surface area contributed by atoms with Gasteiger partial charge in [0.2, 0.25) is 0 Å².